The molecule has 0 radical (unpaired) electrons. The van der Waals surface area contributed by atoms with Gasteiger partial charge >= 0.3 is 5.97 Å². The number of amides is 1. The van der Waals surface area contributed by atoms with E-state index >= 15 is 0 Å². The average Bonchev–Trinajstić information content (AvgIpc) is 2.85. The smallest absolute Gasteiger partial charge is 0.330 e. The van der Waals surface area contributed by atoms with Crippen LogP contribution in [0.4, 0.5) is 4.39 Å². The minimum Gasteiger partial charge on any atom is -0.466 e. The topological polar surface area (TPSA) is 46.6 Å². The second-order valence-electron chi connectivity index (χ2n) is 6.93. The fourth-order valence-electron chi connectivity index (χ4n) is 3.86. The third kappa shape index (κ3) is 3.50. The maximum atomic E-state index is 13.1. The monoisotopic (exact) mass is 343 g/mol. The summed E-state index contributed by atoms with van der Waals surface area (Å²) in [5.41, 5.74) is 2.68. The average molecular weight is 343 g/mol. The van der Waals surface area contributed by atoms with E-state index in [0.717, 1.165) is 36.1 Å². The predicted octanol–water partition coefficient (Wildman–Crippen LogP) is 3.73. The van der Waals surface area contributed by atoms with Crippen LogP contribution in [0.5, 0.6) is 0 Å². The Hall–Kier alpha value is -2.43. The van der Waals surface area contributed by atoms with Gasteiger partial charge in [0.2, 0.25) is 5.91 Å². The lowest BCUT2D eigenvalue weighted by Crippen LogP contribution is -2.28. The van der Waals surface area contributed by atoms with Gasteiger partial charge in [0, 0.05) is 23.6 Å². The van der Waals surface area contributed by atoms with Gasteiger partial charge in [0.05, 0.1) is 13.7 Å². The Morgan fingerprint density at radius 3 is 2.76 bits per heavy atom. The van der Waals surface area contributed by atoms with E-state index in [0.29, 0.717) is 13.0 Å². The maximum Gasteiger partial charge on any atom is 0.330 e. The summed E-state index contributed by atoms with van der Waals surface area (Å²) in [6.07, 6.45) is 6.41. The third-order valence-electron chi connectivity index (χ3n) is 5.04. The van der Waals surface area contributed by atoms with Gasteiger partial charge in [0.1, 0.15) is 5.82 Å². The first-order valence-corrected chi connectivity index (χ1v) is 8.47. The van der Waals surface area contributed by atoms with E-state index < -0.39 is 5.97 Å². The predicted molar refractivity (Wildman–Crippen MR) is 91.7 cm³/mol. The molecule has 1 fully saturated rings. The van der Waals surface area contributed by atoms with Crippen LogP contribution in [0, 0.1) is 11.2 Å². The van der Waals surface area contributed by atoms with Crippen molar-refractivity contribution in [2.75, 3.05) is 7.11 Å². The summed E-state index contributed by atoms with van der Waals surface area (Å²) >= 11 is 0. The molecule has 1 heterocycles. The number of fused-ring (bicyclic) bond motifs is 1. The van der Waals surface area contributed by atoms with Crippen LogP contribution in [0.15, 0.2) is 47.7 Å². The first-order valence-electron chi connectivity index (χ1n) is 8.47. The van der Waals surface area contributed by atoms with Gasteiger partial charge in [0.25, 0.3) is 0 Å². The fraction of sp³-hybridized carbons (Fsp3) is 0.400. The van der Waals surface area contributed by atoms with Gasteiger partial charge < -0.3 is 9.64 Å². The highest BCUT2D eigenvalue weighted by Crippen LogP contribution is 2.50. The standard InChI is InChI=1S/C20H22FNO3/c1-20-11-3-4-15(7-10-18(24)25-2)19(20)22(17(23)12-20)13-14-5-8-16(21)9-6-14/h5-10H,3-4,11-13H2,1-2H3/b10-7+. The second-order valence-corrected chi connectivity index (χ2v) is 6.93. The van der Waals surface area contributed by atoms with E-state index in [1.54, 1.807) is 23.1 Å². The van der Waals surface area contributed by atoms with Gasteiger partial charge in [-0.25, -0.2) is 9.18 Å². The molecule has 1 aliphatic heterocycles. The van der Waals surface area contributed by atoms with Crippen molar-refractivity contribution in [3.8, 4) is 0 Å². The molecule has 1 atom stereocenters. The molecular formula is C20H22FNO3. The number of carbonyl (C=O) groups is 2. The van der Waals surface area contributed by atoms with E-state index in [-0.39, 0.29) is 17.1 Å². The summed E-state index contributed by atoms with van der Waals surface area (Å²) in [4.78, 5) is 25.9. The second kappa shape index (κ2) is 6.82. The zero-order valence-corrected chi connectivity index (χ0v) is 14.5. The summed E-state index contributed by atoms with van der Waals surface area (Å²) in [6.45, 7) is 2.52. The number of halogens is 1. The van der Waals surface area contributed by atoms with Crippen molar-refractivity contribution in [2.45, 2.75) is 39.2 Å². The van der Waals surface area contributed by atoms with Crippen molar-refractivity contribution in [1.82, 2.24) is 4.90 Å². The summed E-state index contributed by atoms with van der Waals surface area (Å²) in [5.74, 6) is -0.623. The van der Waals surface area contributed by atoms with Crippen LogP contribution in [0.1, 0.15) is 38.2 Å². The molecule has 1 unspecified atom stereocenters. The van der Waals surface area contributed by atoms with Crippen molar-refractivity contribution in [1.29, 1.82) is 0 Å². The lowest BCUT2D eigenvalue weighted by Gasteiger charge is -2.34. The largest absolute Gasteiger partial charge is 0.466 e. The van der Waals surface area contributed by atoms with Gasteiger partial charge in [-0.15, -0.1) is 0 Å². The molecule has 0 spiro atoms. The van der Waals surface area contributed by atoms with Gasteiger partial charge in [-0.1, -0.05) is 25.1 Å². The van der Waals surface area contributed by atoms with Crippen molar-refractivity contribution in [3.63, 3.8) is 0 Å². The molecule has 25 heavy (non-hydrogen) atoms. The first-order chi connectivity index (χ1) is 11.9. The zero-order valence-electron chi connectivity index (χ0n) is 14.5. The van der Waals surface area contributed by atoms with E-state index in [1.165, 1.54) is 25.3 Å². The highest BCUT2D eigenvalue weighted by molar-refractivity contribution is 5.85. The molecule has 3 rings (SSSR count). The van der Waals surface area contributed by atoms with Crippen LogP contribution >= 0.6 is 0 Å². The van der Waals surface area contributed by atoms with Crippen LogP contribution in [0.2, 0.25) is 0 Å². The van der Waals surface area contributed by atoms with Crippen LogP contribution in [-0.2, 0) is 20.9 Å². The van der Waals surface area contributed by atoms with E-state index in [1.807, 2.05) is 0 Å². The molecular weight excluding hydrogens is 321 g/mol. The Morgan fingerprint density at radius 1 is 1.36 bits per heavy atom. The summed E-state index contributed by atoms with van der Waals surface area (Å²) < 4.78 is 17.8. The van der Waals surface area contributed by atoms with Gasteiger partial charge in [-0.2, -0.15) is 0 Å². The number of hydrogen-bond donors (Lipinski definition) is 0. The molecule has 132 valence electrons. The fourth-order valence-corrected chi connectivity index (χ4v) is 3.86. The summed E-state index contributed by atoms with van der Waals surface area (Å²) in [6, 6.07) is 6.21. The number of nitrogens with zero attached hydrogens (tertiary/aromatic N) is 1. The van der Waals surface area contributed by atoms with Gasteiger partial charge in [0.15, 0.2) is 0 Å². The molecule has 1 aromatic rings. The van der Waals surface area contributed by atoms with Crippen LogP contribution in [0.25, 0.3) is 0 Å². The number of allylic oxidation sites excluding steroid dienone is 3. The number of benzene rings is 1. The van der Waals surface area contributed by atoms with Crippen molar-refractivity contribution >= 4 is 11.9 Å². The molecule has 5 heteroatoms. The molecule has 0 aromatic heterocycles. The Labute approximate surface area is 147 Å². The zero-order chi connectivity index (χ0) is 18.0. The molecule has 0 bridgehead atoms. The van der Waals surface area contributed by atoms with Crippen LogP contribution in [-0.4, -0.2) is 23.9 Å². The Kier molecular flexibility index (Phi) is 4.75. The lowest BCUT2D eigenvalue weighted by atomic mass is 9.74. The molecule has 0 N–H and O–H groups in total. The summed E-state index contributed by atoms with van der Waals surface area (Å²) in [7, 11) is 1.34. The number of likely N-dealkylation sites (tertiary alicyclic amines) is 1. The first kappa shape index (κ1) is 17.4. The molecule has 1 saturated heterocycles. The van der Waals surface area contributed by atoms with Crippen molar-refractivity contribution in [3.05, 3.63) is 59.1 Å². The molecule has 4 nitrogen and oxygen atoms in total. The number of methoxy groups -OCH3 is 1. The highest BCUT2D eigenvalue weighted by atomic mass is 19.1. The Bertz CT molecular complexity index is 751. The molecule has 1 aliphatic carbocycles. The minimum absolute atomic E-state index is 0.0766. The molecule has 0 saturated carbocycles. The van der Waals surface area contributed by atoms with Crippen molar-refractivity contribution in [2.24, 2.45) is 5.41 Å². The van der Waals surface area contributed by atoms with Gasteiger partial charge in [-0.05, 0) is 42.5 Å². The molecule has 1 aromatic carbocycles. The molecule has 1 amide bonds. The number of rotatable bonds is 4. The summed E-state index contributed by atoms with van der Waals surface area (Å²) in [5, 5.41) is 0. The van der Waals surface area contributed by atoms with Crippen molar-refractivity contribution < 1.29 is 18.7 Å². The normalized spacial score (nSPS) is 23.3. The van der Waals surface area contributed by atoms with E-state index in [9.17, 15) is 14.0 Å². The lowest BCUT2D eigenvalue weighted by molar-refractivity contribution is -0.134. The Balaban J connectivity index is 1.96. The SMILES string of the molecule is COC(=O)/C=C/C1=C2N(Cc3ccc(F)cc3)C(=O)CC2(C)CCC1. The number of carbonyl (C=O) groups excluding carboxylic acids is 2. The van der Waals surface area contributed by atoms with E-state index in [4.69, 9.17) is 0 Å². The number of esters is 1. The quantitative estimate of drug-likeness (QED) is 0.618. The van der Waals surface area contributed by atoms with Crippen LogP contribution in [0.3, 0.4) is 0 Å². The number of hydrogen-bond acceptors (Lipinski definition) is 3. The molecule has 2 aliphatic rings. The highest BCUT2D eigenvalue weighted by Gasteiger charge is 2.46. The third-order valence-corrected chi connectivity index (χ3v) is 5.04. The van der Waals surface area contributed by atoms with Crippen LogP contribution < -0.4 is 0 Å². The number of ether oxygens (including phenoxy) is 1. The Morgan fingerprint density at radius 2 is 2.08 bits per heavy atom. The maximum absolute atomic E-state index is 13.1. The van der Waals surface area contributed by atoms with Gasteiger partial charge in [-0.3, -0.25) is 4.79 Å². The minimum atomic E-state index is -0.408. The van der Waals surface area contributed by atoms with E-state index in [2.05, 4.69) is 11.7 Å².